The average molecular weight is 496 g/mol. The van der Waals surface area contributed by atoms with Gasteiger partial charge >= 0.3 is 0 Å². The van der Waals surface area contributed by atoms with Gasteiger partial charge in [-0.1, -0.05) is 41.3 Å². The number of nitrogens with one attached hydrogen (secondary N) is 1. The molecule has 33 heavy (non-hydrogen) atoms. The van der Waals surface area contributed by atoms with Crippen molar-refractivity contribution < 1.29 is 4.79 Å². The first-order valence-electron chi connectivity index (χ1n) is 10.4. The van der Waals surface area contributed by atoms with Crippen molar-refractivity contribution >= 4 is 62.0 Å². The van der Waals surface area contributed by atoms with E-state index >= 15 is 0 Å². The number of amides is 1. The minimum absolute atomic E-state index is 0.0524. The van der Waals surface area contributed by atoms with Crippen LogP contribution in [0.3, 0.4) is 0 Å². The van der Waals surface area contributed by atoms with Crippen LogP contribution in [0.2, 0.25) is 0 Å². The highest BCUT2D eigenvalue weighted by Crippen LogP contribution is 2.35. The Kier molecular flexibility index (Phi) is 7.11. The first-order chi connectivity index (χ1) is 15.8. The van der Waals surface area contributed by atoms with E-state index in [0.29, 0.717) is 10.9 Å². The number of thiazole rings is 1. The third kappa shape index (κ3) is 5.43. The third-order valence-electron chi connectivity index (χ3n) is 5.37. The number of anilines is 4. The van der Waals surface area contributed by atoms with E-state index in [9.17, 15) is 4.79 Å². The van der Waals surface area contributed by atoms with Crippen molar-refractivity contribution in [3.8, 4) is 0 Å². The third-order valence-corrected chi connectivity index (χ3v) is 8.25. The van der Waals surface area contributed by atoms with Crippen LogP contribution in [0, 0.1) is 27.7 Å². The molecule has 0 aliphatic rings. The highest BCUT2D eigenvalue weighted by atomic mass is 32.2. The molecule has 9 heteroatoms. The number of aryl methyl sites for hydroxylation is 3. The lowest BCUT2D eigenvalue weighted by molar-refractivity contribution is -0.115. The van der Waals surface area contributed by atoms with Crippen molar-refractivity contribution in [2.75, 3.05) is 10.2 Å². The van der Waals surface area contributed by atoms with Crippen molar-refractivity contribution in [3.05, 3.63) is 69.7 Å². The smallest absolute Gasteiger partial charge is 0.230 e. The maximum atomic E-state index is 12.5. The monoisotopic (exact) mass is 495 g/mol. The van der Waals surface area contributed by atoms with Gasteiger partial charge < -0.3 is 5.32 Å². The summed E-state index contributed by atoms with van der Waals surface area (Å²) in [6.45, 7) is 9.84. The molecule has 0 unspecified atom stereocenters. The van der Waals surface area contributed by atoms with E-state index in [1.807, 2.05) is 43.5 Å². The van der Waals surface area contributed by atoms with E-state index in [1.165, 1.54) is 33.8 Å². The molecule has 4 aromatic rings. The number of benzene rings is 2. The van der Waals surface area contributed by atoms with Crippen LogP contribution < -0.4 is 10.2 Å². The molecule has 0 radical (unpaired) electrons. The molecular formula is C24H25N5OS3. The number of carbonyl (C=O) groups is 1. The SMILES string of the molecule is CC(=O)N(c1nc(CSc2nnc(Nc3ccc(C)c(C)c3)s2)cs1)c1cccc(C)c1C. The number of nitrogens with zero attached hydrogens (tertiary/aromatic N) is 4. The van der Waals surface area contributed by atoms with E-state index in [4.69, 9.17) is 4.98 Å². The topological polar surface area (TPSA) is 71.0 Å². The number of thioether (sulfide) groups is 1. The van der Waals surface area contributed by atoms with Crippen LogP contribution in [-0.2, 0) is 10.5 Å². The maximum Gasteiger partial charge on any atom is 0.230 e. The van der Waals surface area contributed by atoms with E-state index in [2.05, 4.69) is 41.5 Å². The van der Waals surface area contributed by atoms with Gasteiger partial charge in [0, 0.05) is 23.7 Å². The number of rotatable bonds is 7. The minimum Gasteiger partial charge on any atom is -0.330 e. The molecule has 2 aromatic carbocycles. The first kappa shape index (κ1) is 23.4. The van der Waals surface area contributed by atoms with E-state index in [1.54, 1.807) is 23.6 Å². The van der Waals surface area contributed by atoms with Crippen LogP contribution in [0.1, 0.15) is 34.9 Å². The summed E-state index contributed by atoms with van der Waals surface area (Å²) in [4.78, 5) is 18.9. The Morgan fingerprint density at radius 2 is 1.88 bits per heavy atom. The number of carbonyl (C=O) groups excluding carboxylic acids is 1. The fraction of sp³-hybridized carbons (Fsp3) is 0.250. The molecule has 1 amide bonds. The fourth-order valence-corrected chi connectivity index (χ4v) is 5.90. The van der Waals surface area contributed by atoms with Gasteiger partial charge in [0.2, 0.25) is 11.0 Å². The van der Waals surface area contributed by atoms with Gasteiger partial charge in [0.05, 0.1) is 11.4 Å². The zero-order valence-electron chi connectivity index (χ0n) is 19.2. The van der Waals surface area contributed by atoms with Crippen molar-refractivity contribution in [3.63, 3.8) is 0 Å². The molecule has 0 saturated heterocycles. The number of aromatic nitrogens is 3. The summed E-state index contributed by atoms with van der Waals surface area (Å²) in [7, 11) is 0. The highest BCUT2D eigenvalue weighted by molar-refractivity contribution is 8.00. The van der Waals surface area contributed by atoms with Gasteiger partial charge in [-0.2, -0.15) is 0 Å². The van der Waals surface area contributed by atoms with E-state index in [0.717, 1.165) is 37.7 Å². The van der Waals surface area contributed by atoms with Gasteiger partial charge in [-0.15, -0.1) is 21.5 Å². The van der Waals surface area contributed by atoms with Crippen LogP contribution in [0.4, 0.5) is 21.6 Å². The van der Waals surface area contributed by atoms with Crippen molar-refractivity contribution in [2.45, 2.75) is 44.7 Å². The first-order valence-corrected chi connectivity index (χ1v) is 13.1. The molecule has 170 valence electrons. The zero-order chi connectivity index (χ0) is 23.5. The Bertz CT molecular complexity index is 1300. The molecule has 2 heterocycles. The lowest BCUT2D eigenvalue weighted by atomic mass is 10.1. The van der Waals surface area contributed by atoms with Gasteiger partial charge in [0.25, 0.3) is 0 Å². The van der Waals surface area contributed by atoms with Gasteiger partial charge in [-0.05, 0) is 68.1 Å². The largest absolute Gasteiger partial charge is 0.330 e. The molecule has 0 fully saturated rings. The number of hydrogen-bond acceptors (Lipinski definition) is 8. The van der Waals surface area contributed by atoms with E-state index in [-0.39, 0.29) is 5.91 Å². The summed E-state index contributed by atoms with van der Waals surface area (Å²) in [5.74, 6) is 0.608. The second-order valence-corrected chi connectivity index (χ2v) is 10.8. The van der Waals surface area contributed by atoms with Gasteiger partial charge in [0.1, 0.15) is 0 Å². The Hall–Kier alpha value is -2.75. The van der Waals surface area contributed by atoms with Gasteiger partial charge in [-0.25, -0.2) is 4.98 Å². The summed E-state index contributed by atoms with van der Waals surface area (Å²) in [6, 6.07) is 12.2. The minimum atomic E-state index is -0.0524. The lowest BCUT2D eigenvalue weighted by Crippen LogP contribution is -2.23. The lowest BCUT2D eigenvalue weighted by Gasteiger charge is -2.21. The molecule has 4 rings (SSSR count). The predicted molar refractivity (Wildman–Crippen MR) is 140 cm³/mol. The quantitative estimate of drug-likeness (QED) is 0.280. The standard InChI is InChI=1S/C24H25N5OS3/c1-14-9-10-19(11-16(14)3)25-22-27-28-24(33-22)32-13-20-12-31-23(26-20)29(18(5)30)21-8-6-7-15(2)17(21)4/h6-12H,13H2,1-5H3,(H,25,27). The Morgan fingerprint density at radius 3 is 2.64 bits per heavy atom. The molecule has 0 aliphatic heterocycles. The summed E-state index contributed by atoms with van der Waals surface area (Å²) < 4.78 is 0.869. The molecule has 0 aliphatic carbocycles. The van der Waals surface area contributed by atoms with Gasteiger partial charge in [0.15, 0.2) is 9.47 Å². The molecule has 0 spiro atoms. The van der Waals surface area contributed by atoms with Crippen molar-refractivity contribution in [1.82, 2.24) is 15.2 Å². The summed E-state index contributed by atoms with van der Waals surface area (Å²) >= 11 is 4.58. The van der Waals surface area contributed by atoms with Crippen LogP contribution in [0.25, 0.3) is 0 Å². The summed E-state index contributed by atoms with van der Waals surface area (Å²) in [5, 5.41) is 15.3. The van der Waals surface area contributed by atoms with Crippen LogP contribution in [0.5, 0.6) is 0 Å². The number of hydrogen-bond donors (Lipinski definition) is 1. The normalized spacial score (nSPS) is 10.9. The Labute approximate surface area is 206 Å². The second-order valence-electron chi connectivity index (χ2n) is 7.78. The van der Waals surface area contributed by atoms with Crippen molar-refractivity contribution in [2.24, 2.45) is 0 Å². The molecule has 0 atom stereocenters. The predicted octanol–water partition coefficient (Wildman–Crippen LogP) is 6.95. The Morgan fingerprint density at radius 1 is 1.06 bits per heavy atom. The summed E-state index contributed by atoms with van der Waals surface area (Å²) in [5.41, 5.74) is 7.52. The second kappa shape index (κ2) is 10.0. The molecule has 0 saturated carbocycles. The average Bonchev–Trinajstić information content (AvgIpc) is 3.42. The molecular weight excluding hydrogens is 470 g/mol. The highest BCUT2D eigenvalue weighted by Gasteiger charge is 2.20. The van der Waals surface area contributed by atoms with Crippen LogP contribution >= 0.6 is 34.4 Å². The van der Waals surface area contributed by atoms with Crippen molar-refractivity contribution in [1.29, 1.82) is 0 Å². The van der Waals surface area contributed by atoms with Crippen LogP contribution in [-0.4, -0.2) is 21.1 Å². The molecule has 2 aromatic heterocycles. The fourth-order valence-electron chi connectivity index (χ4n) is 3.25. The van der Waals surface area contributed by atoms with Crippen LogP contribution in [0.15, 0.2) is 46.1 Å². The molecule has 0 bridgehead atoms. The summed E-state index contributed by atoms with van der Waals surface area (Å²) in [6.07, 6.45) is 0. The Balaban J connectivity index is 1.43. The molecule has 1 N–H and O–H groups in total. The van der Waals surface area contributed by atoms with E-state index < -0.39 is 0 Å². The maximum absolute atomic E-state index is 12.5. The van der Waals surface area contributed by atoms with Gasteiger partial charge in [-0.3, -0.25) is 9.69 Å². The zero-order valence-corrected chi connectivity index (χ0v) is 21.6. The molecule has 6 nitrogen and oxygen atoms in total.